The van der Waals surface area contributed by atoms with E-state index in [-0.39, 0.29) is 6.54 Å². The van der Waals surface area contributed by atoms with Gasteiger partial charge in [-0.25, -0.2) is 0 Å². The molecule has 122 valence electrons. The van der Waals surface area contributed by atoms with Gasteiger partial charge >= 0.3 is 0 Å². The number of amides is 3. The number of pyridine rings is 1. The smallest absolute Gasteiger partial charge is 0.262 e. The number of carbonyl (C=O) groups is 3. The molecule has 6 nitrogen and oxygen atoms in total. The summed E-state index contributed by atoms with van der Waals surface area (Å²) in [4.78, 5) is 42.0. The summed E-state index contributed by atoms with van der Waals surface area (Å²) < 4.78 is 0. The maximum Gasteiger partial charge on any atom is 0.262 e. The second kappa shape index (κ2) is 5.83. The average molecular weight is 331 g/mol. The van der Waals surface area contributed by atoms with E-state index in [0.29, 0.717) is 16.8 Å². The zero-order chi connectivity index (χ0) is 17.4. The molecule has 0 fully saturated rings. The summed E-state index contributed by atoms with van der Waals surface area (Å²) in [5.74, 6) is -1.34. The van der Waals surface area contributed by atoms with Gasteiger partial charge in [-0.15, -0.1) is 0 Å². The van der Waals surface area contributed by atoms with Gasteiger partial charge in [-0.3, -0.25) is 24.3 Å². The van der Waals surface area contributed by atoms with Gasteiger partial charge in [0.1, 0.15) is 6.54 Å². The highest BCUT2D eigenvalue weighted by Gasteiger charge is 2.36. The van der Waals surface area contributed by atoms with Crippen LogP contribution in [-0.2, 0) is 4.79 Å². The van der Waals surface area contributed by atoms with E-state index < -0.39 is 17.7 Å². The third-order valence-corrected chi connectivity index (χ3v) is 4.07. The summed E-state index contributed by atoms with van der Waals surface area (Å²) in [5, 5.41) is 3.66. The Morgan fingerprint density at radius 2 is 1.68 bits per heavy atom. The molecular weight excluding hydrogens is 318 g/mol. The van der Waals surface area contributed by atoms with Crippen molar-refractivity contribution in [2.24, 2.45) is 0 Å². The van der Waals surface area contributed by atoms with Gasteiger partial charge in [0.2, 0.25) is 5.91 Å². The molecule has 1 N–H and O–H groups in total. The lowest BCUT2D eigenvalue weighted by molar-refractivity contribution is -0.116. The monoisotopic (exact) mass is 331 g/mol. The SMILES string of the molecule is O=C(CN1C(=O)c2ccccc2C1=O)Nc1ccc2cccnc2c1. The fraction of sp³-hybridized carbons (Fsp3) is 0.0526. The van der Waals surface area contributed by atoms with E-state index in [0.717, 1.165) is 15.8 Å². The summed E-state index contributed by atoms with van der Waals surface area (Å²) in [5.41, 5.74) is 1.97. The fourth-order valence-electron chi connectivity index (χ4n) is 2.87. The van der Waals surface area contributed by atoms with Crippen molar-refractivity contribution in [2.45, 2.75) is 0 Å². The lowest BCUT2D eigenvalue weighted by Gasteiger charge is -2.13. The predicted octanol–water partition coefficient (Wildman–Crippen LogP) is 2.47. The fourth-order valence-corrected chi connectivity index (χ4v) is 2.87. The normalized spacial score (nSPS) is 13.2. The topological polar surface area (TPSA) is 79.4 Å². The predicted molar refractivity (Wildman–Crippen MR) is 92.2 cm³/mol. The van der Waals surface area contributed by atoms with Gasteiger partial charge in [0.15, 0.2) is 0 Å². The number of imide groups is 1. The van der Waals surface area contributed by atoms with Gasteiger partial charge in [0, 0.05) is 17.3 Å². The number of benzene rings is 2. The number of nitrogens with zero attached hydrogens (tertiary/aromatic N) is 2. The lowest BCUT2D eigenvalue weighted by Crippen LogP contribution is -2.37. The molecule has 3 amide bonds. The van der Waals surface area contributed by atoms with E-state index in [2.05, 4.69) is 10.3 Å². The third-order valence-electron chi connectivity index (χ3n) is 4.07. The second-order valence-electron chi connectivity index (χ2n) is 5.70. The molecule has 1 aromatic heterocycles. The number of aromatic nitrogens is 1. The van der Waals surface area contributed by atoms with Gasteiger partial charge in [-0.2, -0.15) is 0 Å². The van der Waals surface area contributed by atoms with Crippen LogP contribution in [0.15, 0.2) is 60.8 Å². The van der Waals surface area contributed by atoms with Crippen molar-refractivity contribution in [1.29, 1.82) is 0 Å². The highest BCUT2D eigenvalue weighted by atomic mass is 16.2. The molecule has 0 atom stereocenters. The van der Waals surface area contributed by atoms with Crippen molar-refractivity contribution >= 4 is 34.3 Å². The standard InChI is InChI=1S/C19H13N3O3/c23-17(21-13-8-7-12-4-3-9-20-16(12)10-13)11-22-18(24)14-5-1-2-6-15(14)19(22)25/h1-10H,11H2,(H,21,23). The van der Waals surface area contributed by atoms with E-state index in [1.807, 2.05) is 18.2 Å². The first-order valence-corrected chi connectivity index (χ1v) is 7.73. The van der Waals surface area contributed by atoms with Crippen LogP contribution in [0.5, 0.6) is 0 Å². The Morgan fingerprint density at radius 1 is 0.960 bits per heavy atom. The number of carbonyl (C=O) groups excluding carboxylic acids is 3. The molecule has 6 heteroatoms. The van der Waals surface area contributed by atoms with Crippen LogP contribution in [0.2, 0.25) is 0 Å². The molecule has 1 aliphatic heterocycles. The first kappa shape index (κ1) is 15.0. The van der Waals surface area contributed by atoms with Gasteiger partial charge < -0.3 is 5.32 Å². The number of hydrogen-bond donors (Lipinski definition) is 1. The molecule has 0 radical (unpaired) electrons. The Morgan fingerprint density at radius 3 is 2.40 bits per heavy atom. The first-order chi connectivity index (χ1) is 12.1. The van der Waals surface area contributed by atoms with E-state index in [1.165, 1.54) is 0 Å². The van der Waals surface area contributed by atoms with Crippen molar-refractivity contribution in [1.82, 2.24) is 9.88 Å². The summed E-state index contributed by atoms with van der Waals surface area (Å²) in [6, 6.07) is 15.7. The van der Waals surface area contributed by atoms with E-state index >= 15 is 0 Å². The zero-order valence-corrected chi connectivity index (χ0v) is 13.1. The molecule has 0 bridgehead atoms. The van der Waals surface area contributed by atoms with Gasteiger partial charge in [-0.05, 0) is 30.3 Å². The number of fused-ring (bicyclic) bond motifs is 2. The van der Waals surface area contributed by atoms with E-state index in [9.17, 15) is 14.4 Å². The number of rotatable bonds is 3. The summed E-state index contributed by atoms with van der Waals surface area (Å²) in [6.07, 6.45) is 1.67. The van der Waals surface area contributed by atoms with Gasteiger partial charge in [0.05, 0.1) is 16.6 Å². The molecule has 0 saturated carbocycles. The molecule has 0 aliphatic carbocycles. The van der Waals surface area contributed by atoms with Crippen molar-refractivity contribution in [3.8, 4) is 0 Å². The van der Waals surface area contributed by atoms with Crippen molar-refractivity contribution in [2.75, 3.05) is 11.9 Å². The zero-order valence-electron chi connectivity index (χ0n) is 13.1. The Hall–Kier alpha value is -3.54. The van der Waals surface area contributed by atoms with Crippen LogP contribution in [0.3, 0.4) is 0 Å². The van der Waals surface area contributed by atoms with Crippen LogP contribution in [0, 0.1) is 0 Å². The summed E-state index contributed by atoms with van der Waals surface area (Å²) >= 11 is 0. The molecular formula is C19H13N3O3. The Labute approximate surface area is 143 Å². The quantitative estimate of drug-likeness (QED) is 0.748. The molecule has 0 saturated heterocycles. The Balaban J connectivity index is 1.51. The largest absolute Gasteiger partial charge is 0.324 e. The number of anilines is 1. The van der Waals surface area contributed by atoms with Crippen molar-refractivity contribution in [3.63, 3.8) is 0 Å². The maximum absolute atomic E-state index is 12.3. The molecule has 3 aromatic rings. The first-order valence-electron chi connectivity index (χ1n) is 7.73. The van der Waals surface area contributed by atoms with Gasteiger partial charge in [-0.1, -0.05) is 24.3 Å². The average Bonchev–Trinajstić information content (AvgIpc) is 2.87. The molecule has 2 aromatic carbocycles. The van der Waals surface area contributed by atoms with Crippen LogP contribution in [0.1, 0.15) is 20.7 Å². The minimum Gasteiger partial charge on any atom is -0.324 e. The molecule has 2 heterocycles. The second-order valence-corrected chi connectivity index (χ2v) is 5.70. The molecule has 25 heavy (non-hydrogen) atoms. The van der Waals surface area contributed by atoms with Crippen molar-refractivity contribution in [3.05, 3.63) is 71.9 Å². The van der Waals surface area contributed by atoms with Gasteiger partial charge in [0.25, 0.3) is 11.8 Å². The Kier molecular flexibility index (Phi) is 3.50. The number of nitrogens with one attached hydrogen (secondary N) is 1. The van der Waals surface area contributed by atoms with Crippen molar-refractivity contribution < 1.29 is 14.4 Å². The van der Waals surface area contributed by atoms with Crippen LogP contribution < -0.4 is 5.32 Å². The highest BCUT2D eigenvalue weighted by Crippen LogP contribution is 2.22. The minimum atomic E-state index is -0.448. The van der Waals surface area contributed by atoms with Crippen LogP contribution >= 0.6 is 0 Å². The Bertz CT molecular complexity index is 994. The third kappa shape index (κ3) is 2.63. The number of hydrogen-bond acceptors (Lipinski definition) is 4. The van der Waals surface area contributed by atoms with E-state index in [1.54, 1.807) is 42.6 Å². The summed E-state index contributed by atoms with van der Waals surface area (Å²) in [6.45, 7) is -0.327. The minimum absolute atomic E-state index is 0.327. The van der Waals surface area contributed by atoms with Crippen LogP contribution in [0.25, 0.3) is 10.9 Å². The van der Waals surface area contributed by atoms with E-state index in [4.69, 9.17) is 0 Å². The highest BCUT2D eigenvalue weighted by molar-refractivity contribution is 6.22. The van der Waals surface area contributed by atoms with Crippen LogP contribution in [0.4, 0.5) is 5.69 Å². The maximum atomic E-state index is 12.3. The molecule has 1 aliphatic rings. The molecule has 0 spiro atoms. The summed E-state index contributed by atoms with van der Waals surface area (Å²) in [7, 11) is 0. The van der Waals surface area contributed by atoms with Crippen LogP contribution in [-0.4, -0.2) is 34.2 Å². The lowest BCUT2D eigenvalue weighted by atomic mass is 10.1. The molecule has 0 unspecified atom stereocenters. The molecule has 4 rings (SSSR count).